The predicted octanol–water partition coefficient (Wildman–Crippen LogP) is 1.86. The van der Waals surface area contributed by atoms with Gasteiger partial charge in [0, 0.05) is 0 Å². The van der Waals surface area contributed by atoms with Gasteiger partial charge in [0.2, 0.25) is 0 Å². The summed E-state index contributed by atoms with van der Waals surface area (Å²) in [5, 5.41) is 3.03. The Bertz CT molecular complexity index is 399. The maximum Gasteiger partial charge on any atom is 0.434 e. The highest BCUT2D eigenvalue weighted by molar-refractivity contribution is 7.89. The Morgan fingerprint density at radius 1 is 0.882 bits per heavy atom. The van der Waals surface area contributed by atoms with Crippen molar-refractivity contribution in [1.29, 1.82) is 0 Å². The van der Waals surface area contributed by atoms with Crippen LogP contribution in [0.2, 0.25) is 0 Å². The summed E-state index contributed by atoms with van der Waals surface area (Å²) in [4.78, 5) is 0. The second-order valence-corrected chi connectivity index (χ2v) is 5.59. The molecule has 0 aliphatic rings. The molecule has 0 saturated carbocycles. The first kappa shape index (κ1) is 17.0. The molecule has 0 rings (SSSR count). The highest BCUT2D eigenvalue weighted by atomic mass is 35.5. The molecule has 0 fully saturated rings. The molecule has 0 aliphatic heterocycles. The molecule has 0 aromatic rings. The van der Waals surface area contributed by atoms with Gasteiger partial charge in [-0.15, -0.1) is 0 Å². The van der Waals surface area contributed by atoms with Crippen LogP contribution in [0.3, 0.4) is 0 Å². The largest absolute Gasteiger partial charge is 0.434 e. The summed E-state index contributed by atoms with van der Waals surface area (Å²) in [6.45, 7) is 0. The molecule has 2 unspecified atom stereocenters. The Morgan fingerprint density at radius 3 is 1.24 bits per heavy atom. The molecule has 4 nitrogen and oxygen atoms in total. The summed E-state index contributed by atoms with van der Waals surface area (Å²) < 4.78 is 96.1. The van der Waals surface area contributed by atoms with Crippen LogP contribution in [0.15, 0.2) is 0 Å². The molecule has 0 spiro atoms. The number of halogens is 8. The number of alkyl halides is 8. The van der Waals surface area contributed by atoms with Crippen molar-refractivity contribution in [3.8, 4) is 0 Å². The van der Waals surface area contributed by atoms with Crippen LogP contribution in [0.5, 0.6) is 0 Å². The van der Waals surface area contributed by atoms with E-state index in [-0.39, 0.29) is 0 Å². The molecule has 17 heavy (non-hydrogen) atoms. The Balaban J connectivity index is 6.24. The van der Waals surface area contributed by atoms with E-state index in [1.807, 2.05) is 0 Å². The average molecular weight is 331 g/mol. The van der Waals surface area contributed by atoms with Crippen LogP contribution in [0.4, 0.5) is 26.3 Å². The van der Waals surface area contributed by atoms with E-state index in [0.717, 1.165) is 0 Å². The molecule has 0 bridgehead atoms. The predicted molar refractivity (Wildman–Crippen MR) is 43.0 cm³/mol. The van der Waals surface area contributed by atoms with E-state index in [0.29, 0.717) is 0 Å². The SMILES string of the molecule is O=S(=O)(O)C(Cl)(C(F)(F)F)C(O)(Cl)C(F)(F)F. The molecule has 0 heterocycles. The van der Waals surface area contributed by atoms with Crippen molar-refractivity contribution in [2.75, 3.05) is 0 Å². The van der Waals surface area contributed by atoms with Crippen molar-refractivity contribution in [1.82, 2.24) is 0 Å². The first-order valence-electron chi connectivity index (χ1n) is 3.21. The molecule has 2 N–H and O–H groups in total. The van der Waals surface area contributed by atoms with Gasteiger partial charge in [-0.3, -0.25) is 4.55 Å². The summed E-state index contributed by atoms with van der Waals surface area (Å²) in [7, 11) is -6.62. The van der Waals surface area contributed by atoms with Gasteiger partial charge < -0.3 is 5.11 Å². The zero-order valence-electron chi connectivity index (χ0n) is 7.14. The van der Waals surface area contributed by atoms with Gasteiger partial charge in [-0.2, -0.15) is 34.8 Å². The van der Waals surface area contributed by atoms with Crippen LogP contribution >= 0.6 is 23.2 Å². The molecule has 0 radical (unpaired) electrons. The number of rotatable bonds is 2. The monoisotopic (exact) mass is 330 g/mol. The molecule has 0 aromatic heterocycles. The Kier molecular flexibility index (Phi) is 4.02. The van der Waals surface area contributed by atoms with Crippen LogP contribution in [-0.4, -0.2) is 39.7 Å². The molecule has 0 aromatic carbocycles. The quantitative estimate of drug-likeness (QED) is 0.460. The van der Waals surface area contributed by atoms with Crippen molar-refractivity contribution < 1.29 is 44.4 Å². The minimum absolute atomic E-state index is 4.13. The second-order valence-electron chi connectivity index (χ2n) is 2.69. The first-order chi connectivity index (χ1) is 7.00. The van der Waals surface area contributed by atoms with Crippen LogP contribution < -0.4 is 0 Å². The lowest BCUT2D eigenvalue weighted by atomic mass is 10.2. The molecule has 0 amide bonds. The molecule has 0 saturated heterocycles. The molecule has 104 valence electrons. The van der Waals surface area contributed by atoms with Gasteiger partial charge in [-0.05, 0) is 0 Å². The van der Waals surface area contributed by atoms with Gasteiger partial charge in [-0.25, -0.2) is 0 Å². The van der Waals surface area contributed by atoms with Crippen molar-refractivity contribution in [3.05, 3.63) is 0 Å². The fourth-order valence-corrected chi connectivity index (χ4v) is 1.94. The normalized spacial score (nSPS) is 21.8. The zero-order chi connectivity index (χ0) is 14.5. The van der Waals surface area contributed by atoms with E-state index in [2.05, 4.69) is 23.2 Å². The van der Waals surface area contributed by atoms with Crippen LogP contribution in [-0.2, 0) is 10.1 Å². The number of hydrogen-bond acceptors (Lipinski definition) is 3. The van der Waals surface area contributed by atoms with Gasteiger partial charge >= 0.3 is 16.6 Å². The summed E-state index contributed by atoms with van der Waals surface area (Å²) in [5.41, 5.74) is 0. The van der Waals surface area contributed by atoms with Crippen LogP contribution in [0.25, 0.3) is 0 Å². The van der Waals surface area contributed by atoms with Gasteiger partial charge in [0.25, 0.3) is 15.2 Å². The third-order valence-corrected chi connectivity index (χ3v) is 4.54. The molecular formula is C4H2Cl2F6O4S. The van der Waals surface area contributed by atoms with Gasteiger partial charge in [0.1, 0.15) is 0 Å². The summed E-state index contributed by atoms with van der Waals surface area (Å²) in [5.74, 6) is 0. The number of aliphatic hydroxyl groups is 1. The topological polar surface area (TPSA) is 74.6 Å². The van der Waals surface area contributed by atoms with Crippen LogP contribution in [0.1, 0.15) is 0 Å². The smallest absolute Gasteiger partial charge is 0.365 e. The van der Waals surface area contributed by atoms with E-state index in [4.69, 9.17) is 9.66 Å². The Labute approximate surface area is 99.9 Å². The third kappa shape index (κ3) is 2.43. The van der Waals surface area contributed by atoms with Gasteiger partial charge in [0.05, 0.1) is 0 Å². The molecule has 13 heteroatoms. The lowest BCUT2D eigenvalue weighted by molar-refractivity contribution is -0.266. The lowest BCUT2D eigenvalue weighted by Crippen LogP contribution is -2.66. The second kappa shape index (κ2) is 4.02. The van der Waals surface area contributed by atoms with Crippen LogP contribution in [0, 0.1) is 0 Å². The van der Waals surface area contributed by atoms with E-state index in [1.165, 1.54) is 0 Å². The van der Waals surface area contributed by atoms with E-state index >= 15 is 0 Å². The lowest BCUT2D eigenvalue weighted by Gasteiger charge is -2.37. The fraction of sp³-hybridized carbons (Fsp3) is 1.00. The standard InChI is InChI=1S/C4H2Cl2F6O4S/c5-1(13,3(7,8)9)2(6,4(10,11)12)17(14,15)16/h13H,(H,14,15,16). The Hall–Kier alpha value is 0.0300. The maximum atomic E-state index is 12.2. The van der Waals surface area contributed by atoms with E-state index < -0.39 is 31.7 Å². The van der Waals surface area contributed by atoms with Gasteiger partial charge in [-0.1, -0.05) is 23.2 Å². The zero-order valence-corrected chi connectivity index (χ0v) is 9.47. The van der Waals surface area contributed by atoms with Crippen molar-refractivity contribution in [3.63, 3.8) is 0 Å². The average Bonchev–Trinajstić information content (AvgIpc) is 1.95. The third-order valence-electron chi connectivity index (χ3n) is 1.52. The van der Waals surface area contributed by atoms with Gasteiger partial charge in [0.15, 0.2) is 0 Å². The van der Waals surface area contributed by atoms with E-state index in [1.54, 1.807) is 0 Å². The summed E-state index contributed by atoms with van der Waals surface area (Å²) in [6.07, 6.45) is -12.7. The minimum Gasteiger partial charge on any atom is -0.365 e. The van der Waals surface area contributed by atoms with Crippen molar-refractivity contribution in [2.24, 2.45) is 0 Å². The fourth-order valence-electron chi connectivity index (χ4n) is 0.687. The highest BCUT2D eigenvalue weighted by Gasteiger charge is 2.82. The molecular weight excluding hydrogens is 329 g/mol. The van der Waals surface area contributed by atoms with E-state index in [9.17, 15) is 34.8 Å². The molecule has 2 atom stereocenters. The summed E-state index contributed by atoms with van der Waals surface area (Å²) >= 11 is 8.33. The van der Waals surface area contributed by atoms with Crippen molar-refractivity contribution in [2.45, 2.75) is 21.6 Å². The summed E-state index contributed by atoms with van der Waals surface area (Å²) in [6, 6.07) is 0. The first-order valence-corrected chi connectivity index (χ1v) is 5.40. The maximum absolute atomic E-state index is 12.2. The molecule has 0 aliphatic carbocycles. The van der Waals surface area contributed by atoms with Crippen molar-refractivity contribution >= 4 is 33.3 Å². The minimum atomic E-state index is -6.62. The Morgan fingerprint density at radius 2 is 1.18 bits per heavy atom. The number of hydrogen-bond donors (Lipinski definition) is 2. The highest BCUT2D eigenvalue weighted by Crippen LogP contribution is 2.55.